The zero-order chi connectivity index (χ0) is 16.0. The molecule has 22 heavy (non-hydrogen) atoms. The van der Waals surface area contributed by atoms with Crippen molar-refractivity contribution in [2.75, 3.05) is 26.0 Å². The largest absolute Gasteiger partial charge is 0.493 e. The summed E-state index contributed by atoms with van der Waals surface area (Å²) in [6.07, 6.45) is 2.79. The number of likely N-dealkylation sites (tertiary alicyclic amines) is 1. The maximum absolute atomic E-state index is 12.1. The molecule has 6 nitrogen and oxygen atoms in total. The van der Waals surface area contributed by atoms with Crippen LogP contribution in [0, 0.1) is 0 Å². The van der Waals surface area contributed by atoms with Gasteiger partial charge < -0.3 is 9.64 Å². The van der Waals surface area contributed by atoms with E-state index in [-0.39, 0.29) is 11.9 Å². The van der Waals surface area contributed by atoms with Crippen LogP contribution in [0.4, 0.5) is 0 Å². The van der Waals surface area contributed by atoms with E-state index in [1.807, 2.05) is 30.3 Å². The standard InChI is InChI=1S/C15H22N2O4S/c1-22(19,20)16-13-7-10-17(11-8-13)15(18)9-12-21-14-5-3-2-4-6-14/h2-6,13,16H,7-12H2,1H3. The summed E-state index contributed by atoms with van der Waals surface area (Å²) in [5.41, 5.74) is 0. The summed E-state index contributed by atoms with van der Waals surface area (Å²) in [4.78, 5) is 13.9. The fraction of sp³-hybridized carbons (Fsp3) is 0.533. The zero-order valence-corrected chi connectivity index (χ0v) is 13.5. The SMILES string of the molecule is CS(=O)(=O)NC1CCN(C(=O)CCOc2ccccc2)CC1. The van der Waals surface area contributed by atoms with Gasteiger partial charge in [-0.2, -0.15) is 0 Å². The van der Waals surface area contributed by atoms with Gasteiger partial charge in [0.25, 0.3) is 0 Å². The summed E-state index contributed by atoms with van der Waals surface area (Å²) in [5, 5.41) is 0. The molecule has 0 aliphatic carbocycles. The van der Waals surface area contributed by atoms with Gasteiger partial charge in [-0.15, -0.1) is 0 Å². The lowest BCUT2D eigenvalue weighted by Gasteiger charge is -2.32. The first kappa shape index (κ1) is 16.8. The van der Waals surface area contributed by atoms with Crippen molar-refractivity contribution in [2.45, 2.75) is 25.3 Å². The molecule has 1 heterocycles. The molecule has 0 unspecified atom stereocenters. The Bertz CT molecular complexity index is 581. The lowest BCUT2D eigenvalue weighted by atomic mass is 10.1. The van der Waals surface area contributed by atoms with Crippen molar-refractivity contribution < 1.29 is 17.9 Å². The Morgan fingerprint density at radius 1 is 1.27 bits per heavy atom. The summed E-state index contributed by atoms with van der Waals surface area (Å²) in [6, 6.07) is 9.32. The van der Waals surface area contributed by atoms with E-state index in [2.05, 4.69) is 4.72 Å². The van der Waals surface area contributed by atoms with Crippen molar-refractivity contribution in [2.24, 2.45) is 0 Å². The molecule has 0 atom stereocenters. The van der Waals surface area contributed by atoms with Gasteiger partial charge in [-0.05, 0) is 25.0 Å². The Hall–Kier alpha value is -1.60. The molecule has 0 spiro atoms. The third-order valence-corrected chi connectivity index (χ3v) is 4.32. The Morgan fingerprint density at radius 3 is 2.50 bits per heavy atom. The highest BCUT2D eigenvalue weighted by Gasteiger charge is 2.24. The zero-order valence-electron chi connectivity index (χ0n) is 12.7. The highest BCUT2D eigenvalue weighted by molar-refractivity contribution is 7.88. The van der Waals surface area contributed by atoms with Gasteiger partial charge in [0.05, 0.1) is 19.3 Å². The molecule has 1 aliphatic rings. The van der Waals surface area contributed by atoms with Crippen LogP contribution in [0.2, 0.25) is 0 Å². The van der Waals surface area contributed by atoms with E-state index in [4.69, 9.17) is 4.74 Å². The van der Waals surface area contributed by atoms with Crippen molar-refractivity contribution in [3.8, 4) is 5.75 Å². The topological polar surface area (TPSA) is 75.7 Å². The molecule has 2 rings (SSSR count). The van der Waals surface area contributed by atoms with Gasteiger partial charge in [-0.3, -0.25) is 4.79 Å². The number of hydrogen-bond donors (Lipinski definition) is 1. The maximum atomic E-state index is 12.1. The number of ether oxygens (including phenoxy) is 1. The number of hydrogen-bond acceptors (Lipinski definition) is 4. The predicted molar refractivity (Wildman–Crippen MR) is 84.1 cm³/mol. The summed E-state index contributed by atoms with van der Waals surface area (Å²) < 4.78 is 30.5. The van der Waals surface area contributed by atoms with E-state index >= 15 is 0 Å². The number of amides is 1. The van der Waals surface area contributed by atoms with Crippen molar-refractivity contribution in [3.63, 3.8) is 0 Å². The van der Waals surface area contributed by atoms with Crippen molar-refractivity contribution in [1.29, 1.82) is 0 Å². The van der Waals surface area contributed by atoms with E-state index < -0.39 is 10.0 Å². The Labute approximate surface area is 131 Å². The Morgan fingerprint density at radius 2 is 1.91 bits per heavy atom. The van der Waals surface area contributed by atoms with Crippen LogP contribution < -0.4 is 9.46 Å². The molecule has 0 saturated carbocycles. The molecular formula is C15H22N2O4S. The summed E-state index contributed by atoms with van der Waals surface area (Å²) >= 11 is 0. The molecule has 1 N–H and O–H groups in total. The van der Waals surface area contributed by atoms with Crippen LogP contribution >= 0.6 is 0 Å². The van der Waals surface area contributed by atoms with E-state index in [0.717, 1.165) is 12.0 Å². The normalized spacial score (nSPS) is 16.5. The van der Waals surface area contributed by atoms with Gasteiger partial charge >= 0.3 is 0 Å². The van der Waals surface area contributed by atoms with E-state index in [9.17, 15) is 13.2 Å². The second-order valence-electron chi connectivity index (χ2n) is 5.46. The number of nitrogens with one attached hydrogen (secondary N) is 1. The fourth-order valence-electron chi connectivity index (χ4n) is 2.48. The Balaban J connectivity index is 1.69. The number of sulfonamides is 1. The molecule has 0 aromatic heterocycles. The number of rotatable bonds is 6. The number of piperidine rings is 1. The molecule has 1 aromatic rings. The molecule has 0 radical (unpaired) electrons. The van der Waals surface area contributed by atoms with Crippen LogP contribution in [-0.4, -0.2) is 51.2 Å². The third-order valence-electron chi connectivity index (χ3n) is 3.56. The van der Waals surface area contributed by atoms with Gasteiger partial charge in [-0.1, -0.05) is 18.2 Å². The lowest BCUT2D eigenvalue weighted by molar-refractivity contribution is -0.132. The number of nitrogens with zero attached hydrogens (tertiary/aromatic N) is 1. The second kappa shape index (κ2) is 7.60. The number of para-hydroxylation sites is 1. The highest BCUT2D eigenvalue weighted by atomic mass is 32.2. The van der Waals surface area contributed by atoms with Crippen molar-refractivity contribution in [3.05, 3.63) is 30.3 Å². The molecule has 1 aromatic carbocycles. The minimum atomic E-state index is -3.18. The number of benzene rings is 1. The predicted octanol–water partition coefficient (Wildman–Crippen LogP) is 0.996. The second-order valence-corrected chi connectivity index (χ2v) is 7.24. The monoisotopic (exact) mass is 326 g/mol. The van der Waals surface area contributed by atoms with Crippen LogP contribution in [0.5, 0.6) is 5.75 Å². The molecule has 7 heteroatoms. The summed E-state index contributed by atoms with van der Waals surface area (Å²) in [5.74, 6) is 0.806. The van der Waals surface area contributed by atoms with Crippen LogP contribution in [0.3, 0.4) is 0 Å². The van der Waals surface area contributed by atoms with Gasteiger partial charge in [0, 0.05) is 19.1 Å². The summed E-state index contributed by atoms with van der Waals surface area (Å²) in [7, 11) is -3.18. The molecule has 0 bridgehead atoms. The minimum Gasteiger partial charge on any atom is -0.493 e. The quantitative estimate of drug-likeness (QED) is 0.846. The van der Waals surface area contributed by atoms with E-state index in [0.29, 0.717) is 39.0 Å². The van der Waals surface area contributed by atoms with E-state index in [1.165, 1.54) is 0 Å². The first-order valence-electron chi connectivity index (χ1n) is 7.37. The summed E-state index contributed by atoms with van der Waals surface area (Å²) in [6.45, 7) is 1.51. The van der Waals surface area contributed by atoms with E-state index in [1.54, 1.807) is 4.90 Å². The van der Waals surface area contributed by atoms with Crippen LogP contribution in [0.1, 0.15) is 19.3 Å². The molecule has 122 valence electrons. The van der Waals surface area contributed by atoms with Gasteiger partial charge in [0.15, 0.2) is 0 Å². The molecular weight excluding hydrogens is 304 g/mol. The van der Waals surface area contributed by atoms with Gasteiger partial charge in [0.2, 0.25) is 15.9 Å². The molecule has 1 aliphatic heterocycles. The van der Waals surface area contributed by atoms with Gasteiger partial charge in [-0.25, -0.2) is 13.1 Å². The van der Waals surface area contributed by atoms with Crippen LogP contribution in [0.25, 0.3) is 0 Å². The first-order valence-corrected chi connectivity index (χ1v) is 9.26. The highest BCUT2D eigenvalue weighted by Crippen LogP contribution is 2.13. The van der Waals surface area contributed by atoms with Crippen molar-refractivity contribution in [1.82, 2.24) is 9.62 Å². The first-order chi connectivity index (χ1) is 10.4. The Kier molecular flexibility index (Phi) is 5.79. The molecule has 1 amide bonds. The minimum absolute atomic E-state index is 0.0498. The smallest absolute Gasteiger partial charge is 0.225 e. The van der Waals surface area contributed by atoms with Gasteiger partial charge in [0.1, 0.15) is 5.75 Å². The van der Waals surface area contributed by atoms with Crippen LogP contribution in [-0.2, 0) is 14.8 Å². The lowest BCUT2D eigenvalue weighted by Crippen LogP contribution is -2.46. The third kappa shape index (κ3) is 5.65. The molecule has 1 fully saturated rings. The fourth-order valence-corrected chi connectivity index (χ4v) is 3.32. The van der Waals surface area contributed by atoms with Crippen LogP contribution in [0.15, 0.2) is 30.3 Å². The number of carbonyl (C=O) groups is 1. The average Bonchev–Trinajstić information content (AvgIpc) is 2.47. The maximum Gasteiger partial charge on any atom is 0.225 e. The van der Waals surface area contributed by atoms with Crippen molar-refractivity contribution >= 4 is 15.9 Å². The number of carbonyl (C=O) groups excluding carboxylic acids is 1. The molecule has 1 saturated heterocycles. The average molecular weight is 326 g/mol.